The van der Waals surface area contributed by atoms with Gasteiger partial charge in [-0.05, 0) is 39.0 Å². The number of hydrogen-bond acceptors (Lipinski definition) is 3. The summed E-state index contributed by atoms with van der Waals surface area (Å²) in [6, 6.07) is 8.28. The highest BCUT2D eigenvalue weighted by atomic mass is 32.2. The van der Waals surface area contributed by atoms with Crippen LogP contribution >= 0.6 is 11.3 Å². The van der Waals surface area contributed by atoms with Gasteiger partial charge in [-0.15, -0.1) is 11.3 Å². The predicted octanol–water partition coefficient (Wildman–Crippen LogP) is 4.83. The van der Waals surface area contributed by atoms with Gasteiger partial charge in [-0.1, -0.05) is 18.2 Å². The van der Waals surface area contributed by atoms with Crippen LogP contribution in [0.3, 0.4) is 0 Å². The van der Waals surface area contributed by atoms with Crippen molar-refractivity contribution >= 4 is 27.6 Å². The predicted molar refractivity (Wildman–Crippen MR) is 85.9 cm³/mol. The molecule has 0 aliphatic rings. The van der Waals surface area contributed by atoms with Crippen LogP contribution in [0.1, 0.15) is 26.3 Å². The third-order valence-corrected chi connectivity index (χ3v) is 5.31. The van der Waals surface area contributed by atoms with E-state index in [4.69, 9.17) is 0 Å². The molecule has 0 N–H and O–H groups in total. The fourth-order valence-corrected chi connectivity index (χ4v) is 4.25. The molecular formula is C15H15F3NO2S2-. The van der Waals surface area contributed by atoms with Gasteiger partial charge in [0.2, 0.25) is 0 Å². The summed E-state index contributed by atoms with van der Waals surface area (Å²) < 4.78 is 63.4. The van der Waals surface area contributed by atoms with E-state index in [0.29, 0.717) is 9.88 Å². The van der Waals surface area contributed by atoms with E-state index in [2.05, 4.69) is 0 Å². The van der Waals surface area contributed by atoms with Crippen LogP contribution in [0.2, 0.25) is 0 Å². The smallest absolute Gasteiger partial charge is 0.417 e. The van der Waals surface area contributed by atoms with Crippen LogP contribution in [-0.2, 0) is 17.4 Å². The Morgan fingerprint density at radius 2 is 1.70 bits per heavy atom. The fraction of sp³-hybridized carbons (Fsp3) is 0.333. The lowest BCUT2D eigenvalue weighted by molar-refractivity contribution is -0.137. The molecule has 1 aromatic carbocycles. The maximum Gasteiger partial charge on any atom is 0.417 e. The third kappa shape index (κ3) is 3.94. The summed E-state index contributed by atoms with van der Waals surface area (Å²) in [5.74, 6) is 0. The Kier molecular flexibility index (Phi) is 4.89. The lowest BCUT2D eigenvalue weighted by Crippen LogP contribution is -2.42. The van der Waals surface area contributed by atoms with Crippen LogP contribution < -0.4 is 4.31 Å². The van der Waals surface area contributed by atoms with Crippen molar-refractivity contribution in [3.63, 3.8) is 0 Å². The first-order valence-corrected chi connectivity index (χ1v) is 8.52. The molecule has 1 heterocycles. The van der Waals surface area contributed by atoms with Gasteiger partial charge in [0.05, 0.1) is 5.56 Å². The molecule has 1 unspecified atom stereocenters. The average Bonchev–Trinajstić information content (AvgIpc) is 2.84. The minimum absolute atomic E-state index is 0.0433. The zero-order valence-electron chi connectivity index (χ0n) is 12.7. The first-order valence-electron chi connectivity index (χ1n) is 6.68. The number of benzene rings is 1. The minimum atomic E-state index is -4.47. The number of nitrogens with zero attached hydrogens (tertiary/aromatic N) is 1. The molecule has 8 heteroatoms. The molecule has 126 valence electrons. The quantitative estimate of drug-likeness (QED) is 0.734. The van der Waals surface area contributed by atoms with E-state index in [-0.39, 0.29) is 5.56 Å². The van der Waals surface area contributed by atoms with Crippen molar-refractivity contribution in [1.82, 2.24) is 0 Å². The Balaban J connectivity index is 2.51. The maximum atomic E-state index is 13.1. The summed E-state index contributed by atoms with van der Waals surface area (Å²) in [7, 11) is 0. The van der Waals surface area contributed by atoms with E-state index in [0.717, 1.165) is 21.7 Å². The molecule has 0 aliphatic carbocycles. The van der Waals surface area contributed by atoms with Gasteiger partial charge in [0.1, 0.15) is 5.00 Å². The van der Waals surface area contributed by atoms with Gasteiger partial charge in [-0.3, -0.25) is 8.51 Å². The van der Waals surface area contributed by atoms with Gasteiger partial charge in [0.25, 0.3) is 0 Å². The van der Waals surface area contributed by atoms with Crippen LogP contribution in [0.25, 0.3) is 10.4 Å². The number of hydrogen-bond donors (Lipinski definition) is 0. The average molecular weight is 362 g/mol. The first-order chi connectivity index (χ1) is 10.5. The summed E-state index contributed by atoms with van der Waals surface area (Å²) in [5, 5.41) is 0.373. The molecule has 3 nitrogen and oxygen atoms in total. The zero-order valence-corrected chi connectivity index (χ0v) is 14.3. The summed E-state index contributed by atoms with van der Waals surface area (Å²) >= 11 is -1.51. The lowest BCUT2D eigenvalue weighted by Gasteiger charge is -2.37. The Morgan fingerprint density at radius 1 is 1.09 bits per heavy atom. The van der Waals surface area contributed by atoms with Crippen LogP contribution in [-0.4, -0.2) is 14.3 Å². The van der Waals surface area contributed by atoms with E-state index in [1.807, 2.05) is 0 Å². The van der Waals surface area contributed by atoms with Crippen molar-refractivity contribution in [2.24, 2.45) is 0 Å². The number of alkyl halides is 3. The van der Waals surface area contributed by atoms with Crippen molar-refractivity contribution in [3.05, 3.63) is 42.0 Å². The molecule has 1 aromatic heterocycles. The van der Waals surface area contributed by atoms with E-state index in [1.165, 1.54) is 30.3 Å². The normalized spacial score (nSPS) is 13.9. The van der Waals surface area contributed by atoms with Crippen molar-refractivity contribution in [2.45, 2.75) is 32.5 Å². The number of thiophene rings is 1. The Labute approximate surface area is 139 Å². The molecule has 0 amide bonds. The van der Waals surface area contributed by atoms with Crippen molar-refractivity contribution in [1.29, 1.82) is 0 Å². The van der Waals surface area contributed by atoms with Gasteiger partial charge in [0, 0.05) is 27.2 Å². The van der Waals surface area contributed by atoms with Crippen LogP contribution in [0.4, 0.5) is 18.2 Å². The summed E-state index contributed by atoms with van der Waals surface area (Å²) in [5.41, 5.74) is -1.40. The molecule has 0 saturated carbocycles. The highest BCUT2D eigenvalue weighted by molar-refractivity contribution is 7.81. The second-order valence-electron chi connectivity index (χ2n) is 5.86. The molecule has 0 radical (unpaired) electrons. The lowest BCUT2D eigenvalue weighted by atomic mass is 10.1. The third-order valence-electron chi connectivity index (χ3n) is 3.05. The van der Waals surface area contributed by atoms with Gasteiger partial charge >= 0.3 is 6.18 Å². The molecule has 1 atom stereocenters. The SMILES string of the molecule is CC(C)(C)N(c1ccc(-c2ccccc2C(F)(F)F)s1)S(=O)[O-]. The van der Waals surface area contributed by atoms with Gasteiger partial charge in [0.15, 0.2) is 0 Å². The molecular weight excluding hydrogens is 347 g/mol. The van der Waals surface area contributed by atoms with E-state index >= 15 is 0 Å². The van der Waals surface area contributed by atoms with E-state index in [1.54, 1.807) is 20.8 Å². The van der Waals surface area contributed by atoms with Crippen LogP contribution in [0, 0.1) is 0 Å². The zero-order chi connectivity index (χ0) is 17.4. The first kappa shape index (κ1) is 18.0. The van der Waals surface area contributed by atoms with Crippen molar-refractivity contribution in [3.8, 4) is 10.4 Å². The van der Waals surface area contributed by atoms with Gasteiger partial charge in [-0.2, -0.15) is 13.2 Å². The van der Waals surface area contributed by atoms with Gasteiger partial charge < -0.3 is 4.55 Å². The molecule has 23 heavy (non-hydrogen) atoms. The molecule has 2 rings (SSSR count). The summed E-state index contributed by atoms with van der Waals surface area (Å²) in [4.78, 5) is 0.368. The molecule has 0 saturated heterocycles. The Hall–Kier alpha value is -1.38. The monoisotopic (exact) mass is 362 g/mol. The van der Waals surface area contributed by atoms with Crippen molar-refractivity contribution in [2.75, 3.05) is 4.31 Å². The standard InChI is InChI=1S/C15H16F3NO2S2/c1-14(2,3)19(23(20)21)13-9-8-12(22-13)10-6-4-5-7-11(10)15(16,17)18/h4-9H,1-3H3,(H,20,21)/p-1. The number of anilines is 1. The molecule has 0 aliphatic heterocycles. The molecule has 2 aromatic rings. The minimum Gasteiger partial charge on any atom is -0.755 e. The molecule has 0 fully saturated rings. The summed E-state index contributed by atoms with van der Waals surface area (Å²) in [6.07, 6.45) is -4.47. The molecule has 0 bridgehead atoms. The number of rotatable bonds is 3. The van der Waals surface area contributed by atoms with Gasteiger partial charge in [-0.25, -0.2) is 0 Å². The second-order valence-corrected chi connectivity index (χ2v) is 7.73. The summed E-state index contributed by atoms with van der Waals surface area (Å²) in [6.45, 7) is 5.14. The topological polar surface area (TPSA) is 43.4 Å². The Morgan fingerprint density at radius 3 is 2.22 bits per heavy atom. The van der Waals surface area contributed by atoms with Crippen molar-refractivity contribution < 1.29 is 21.9 Å². The van der Waals surface area contributed by atoms with E-state index < -0.39 is 28.5 Å². The fourth-order valence-electron chi connectivity index (χ4n) is 2.15. The number of halogens is 3. The Bertz CT molecular complexity index is 720. The van der Waals surface area contributed by atoms with E-state index in [9.17, 15) is 21.9 Å². The highest BCUT2D eigenvalue weighted by Gasteiger charge is 2.34. The van der Waals surface area contributed by atoms with Crippen LogP contribution in [0.5, 0.6) is 0 Å². The highest BCUT2D eigenvalue weighted by Crippen LogP contribution is 2.42. The molecule has 0 spiro atoms. The van der Waals surface area contributed by atoms with Crippen LogP contribution in [0.15, 0.2) is 36.4 Å². The second kappa shape index (κ2) is 6.26. The maximum absolute atomic E-state index is 13.1. The largest absolute Gasteiger partial charge is 0.755 e.